The highest BCUT2D eigenvalue weighted by atomic mass is 16.3. The summed E-state index contributed by atoms with van der Waals surface area (Å²) in [6, 6.07) is 0.709. The van der Waals surface area contributed by atoms with Crippen LogP contribution in [0.4, 0.5) is 5.95 Å². The average Bonchev–Trinajstić information content (AvgIpc) is 3.50. The summed E-state index contributed by atoms with van der Waals surface area (Å²) in [6.07, 6.45) is 11.3. The number of carbonyl (C=O) groups excluding carboxylic acids is 1. The Kier molecular flexibility index (Phi) is 3.41. The number of hydrogen-bond donors (Lipinski definition) is 3. The minimum Gasteiger partial charge on any atom is -0.390 e. The topological polar surface area (TPSA) is 87.1 Å². The van der Waals surface area contributed by atoms with Gasteiger partial charge < -0.3 is 15.7 Å². The van der Waals surface area contributed by atoms with Gasteiger partial charge >= 0.3 is 0 Å². The van der Waals surface area contributed by atoms with Crippen molar-refractivity contribution in [2.24, 2.45) is 17.8 Å². The smallest absolute Gasteiger partial charge is 0.254 e. The highest BCUT2D eigenvalue weighted by Gasteiger charge is 2.55. The molecule has 1 amide bonds. The van der Waals surface area contributed by atoms with Crippen LogP contribution >= 0.6 is 0 Å². The molecule has 6 saturated carbocycles. The fourth-order valence-electron chi connectivity index (χ4n) is 6.16. The molecule has 2 unspecified atom stereocenters. The predicted molar refractivity (Wildman–Crippen MR) is 100 cm³/mol. The fraction of sp³-hybridized carbons (Fsp3) is 0.762. The van der Waals surface area contributed by atoms with Crippen LogP contribution in [0.1, 0.15) is 79.8 Å². The molecule has 0 aromatic carbocycles. The molecule has 1 aromatic heterocycles. The van der Waals surface area contributed by atoms with E-state index in [1.165, 1.54) is 12.8 Å². The van der Waals surface area contributed by atoms with Gasteiger partial charge in [-0.25, -0.2) is 9.97 Å². The van der Waals surface area contributed by atoms with Crippen molar-refractivity contribution in [3.05, 3.63) is 17.5 Å². The molecule has 144 valence electrons. The summed E-state index contributed by atoms with van der Waals surface area (Å²) < 4.78 is 0. The van der Waals surface area contributed by atoms with E-state index in [1.54, 1.807) is 6.20 Å². The lowest BCUT2D eigenvalue weighted by atomic mass is 9.52. The summed E-state index contributed by atoms with van der Waals surface area (Å²) in [4.78, 5) is 22.3. The third kappa shape index (κ3) is 2.93. The molecule has 6 aliphatic rings. The number of carbonyl (C=O) groups is 1. The number of rotatable bonds is 5. The molecule has 2 atom stereocenters. The highest BCUT2D eigenvalue weighted by Crippen LogP contribution is 2.55. The molecule has 27 heavy (non-hydrogen) atoms. The van der Waals surface area contributed by atoms with E-state index < -0.39 is 5.60 Å². The van der Waals surface area contributed by atoms with Crippen LogP contribution in [0.25, 0.3) is 0 Å². The van der Waals surface area contributed by atoms with Crippen LogP contribution in [-0.2, 0) is 0 Å². The summed E-state index contributed by atoms with van der Waals surface area (Å²) in [5.74, 6) is 2.57. The van der Waals surface area contributed by atoms with Gasteiger partial charge in [-0.2, -0.15) is 0 Å². The van der Waals surface area contributed by atoms with Gasteiger partial charge in [0.2, 0.25) is 5.95 Å². The van der Waals surface area contributed by atoms with Crippen molar-refractivity contribution < 1.29 is 9.90 Å². The first-order valence-corrected chi connectivity index (χ1v) is 10.7. The van der Waals surface area contributed by atoms with Gasteiger partial charge in [-0.3, -0.25) is 4.79 Å². The number of hydrogen-bond acceptors (Lipinski definition) is 5. The van der Waals surface area contributed by atoms with E-state index in [1.807, 2.05) is 0 Å². The Hall–Kier alpha value is -1.69. The summed E-state index contributed by atoms with van der Waals surface area (Å²) in [6.45, 7) is 0. The van der Waals surface area contributed by atoms with Crippen molar-refractivity contribution in [3.63, 3.8) is 0 Å². The Morgan fingerprint density at radius 3 is 2.48 bits per heavy atom. The van der Waals surface area contributed by atoms with Crippen molar-refractivity contribution in [1.29, 1.82) is 0 Å². The molecule has 1 aromatic rings. The molecular formula is C21H28N4O2. The van der Waals surface area contributed by atoms with E-state index in [4.69, 9.17) is 4.98 Å². The summed E-state index contributed by atoms with van der Waals surface area (Å²) in [7, 11) is 0. The van der Waals surface area contributed by atoms with E-state index in [0.29, 0.717) is 41.2 Å². The average molecular weight is 368 g/mol. The molecule has 6 fully saturated rings. The quantitative estimate of drug-likeness (QED) is 0.744. The lowest BCUT2D eigenvalue weighted by molar-refractivity contribution is -0.136. The van der Waals surface area contributed by atoms with Crippen LogP contribution in [0.2, 0.25) is 0 Å². The van der Waals surface area contributed by atoms with Crippen LogP contribution in [-0.4, -0.2) is 38.7 Å². The predicted octanol–water partition coefficient (Wildman–Crippen LogP) is 2.60. The minimum absolute atomic E-state index is 0.0145. The Labute approximate surface area is 159 Å². The number of aromatic nitrogens is 2. The number of nitrogens with one attached hydrogen (secondary N) is 2. The van der Waals surface area contributed by atoms with Crippen LogP contribution in [0.3, 0.4) is 0 Å². The van der Waals surface area contributed by atoms with Crippen LogP contribution in [0, 0.1) is 17.8 Å². The minimum atomic E-state index is -0.462. The van der Waals surface area contributed by atoms with Gasteiger partial charge in [0.15, 0.2) is 0 Å². The Balaban J connectivity index is 1.23. The van der Waals surface area contributed by atoms with Gasteiger partial charge in [0.25, 0.3) is 5.91 Å². The van der Waals surface area contributed by atoms with E-state index in [2.05, 4.69) is 15.6 Å². The van der Waals surface area contributed by atoms with Crippen molar-refractivity contribution in [2.45, 2.75) is 81.4 Å². The molecule has 0 radical (unpaired) electrons. The first kappa shape index (κ1) is 16.3. The largest absolute Gasteiger partial charge is 0.390 e. The van der Waals surface area contributed by atoms with Gasteiger partial charge in [0.1, 0.15) is 0 Å². The van der Waals surface area contributed by atoms with Crippen molar-refractivity contribution >= 4 is 11.9 Å². The molecule has 6 heteroatoms. The second-order valence-electron chi connectivity index (χ2n) is 9.88. The summed E-state index contributed by atoms with van der Waals surface area (Å²) in [5.41, 5.74) is 1.12. The zero-order chi connectivity index (χ0) is 18.2. The van der Waals surface area contributed by atoms with Gasteiger partial charge in [-0.1, -0.05) is 0 Å². The SMILES string of the molecule is O=C(N[C@H]1C2CC3CC1C[C@@](O)(C3)C2)c1cnc(NC2CC2)nc1C1CC1. The monoisotopic (exact) mass is 368 g/mol. The van der Waals surface area contributed by atoms with Crippen LogP contribution in [0.5, 0.6) is 0 Å². The number of amides is 1. The Bertz CT molecular complexity index is 772. The highest BCUT2D eigenvalue weighted by molar-refractivity contribution is 5.95. The molecule has 0 spiro atoms. The molecule has 0 aliphatic heterocycles. The van der Waals surface area contributed by atoms with Crippen molar-refractivity contribution in [1.82, 2.24) is 15.3 Å². The first-order valence-electron chi connectivity index (χ1n) is 10.7. The zero-order valence-electron chi connectivity index (χ0n) is 15.7. The number of aliphatic hydroxyl groups is 1. The molecule has 0 saturated heterocycles. The van der Waals surface area contributed by atoms with Crippen molar-refractivity contribution in [3.8, 4) is 0 Å². The molecule has 6 aliphatic carbocycles. The zero-order valence-corrected chi connectivity index (χ0v) is 15.7. The van der Waals surface area contributed by atoms with Crippen LogP contribution in [0.15, 0.2) is 6.20 Å². The molecule has 1 heterocycles. The fourth-order valence-corrected chi connectivity index (χ4v) is 6.16. The lowest BCUT2D eigenvalue weighted by Gasteiger charge is -2.58. The van der Waals surface area contributed by atoms with Crippen LogP contribution < -0.4 is 10.6 Å². The molecule has 6 nitrogen and oxygen atoms in total. The molecule has 7 rings (SSSR count). The van der Waals surface area contributed by atoms with E-state index in [0.717, 1.165) is 50.6 Å². The molecule has 4 bridgehead atoms. The second-order valence-corrected chi connectivity index (χ2v) is 9.88. The summed E-state index contributed by atoms with van der Waals surface area (Å²) >= 11 is 0. The lowest BCUT2D eigenvalue weighted by Crippen LogP contribution is -2.61. The first-order chi connectivity index (χ1) is 13.1. The maximum Gasteiger partial charge on any atom is 0.254 e. The molecule has 3 N–H and O–H groups in total. The van der Waals surface area contributed by atoms with E-state index in [9.17, 15) is 9.90 Å². The van der Waals surface area contributed by atoms with Gasteiger partial charge in [-0.05, 0) is 75.5 Å². The van der Waals surface area contributed by atoms with E-state index in [-0.39, 0.29) is 11.9 Å². The molecular weight excluding hydrogens is 340 g/mol. The van der Waals surface area contributed by atoms with Gasteiger partial charge in [-0.15, -0.1) is 0 Å². The maximum atomic E-state index is 13.1. The van der Waals surface area contributed by atoms with Gasteiger partial charge in [0.05, 0.1) is 16.9 Å². The number of anilines is 1. The maximum absolute atomic E-state index is 13.1. The second kappa shape index (κ2) is 5.66. The summed E-state index contributed by atoms with van der Waals surface area (Å²) in [5, 5.41) is 17.5. The third-order valence-corrected chi connectivity index (χ3v) is 7.48. The third-order valence-electron chi connectivity index (χ3n) is 7.48. The normalized spacial score (nSPS) is 39.4. The standard InChI is InChI=1S/C21H28N4O2/c26-19(24-17-13-5-11-6-14(17)9-21(27,7-11)8-13)16-10-22-20(23-15-3-4-15)25-18(16)12-1-2-12/h10-15,17,27H,1-9H2,(H,24,26)(H,22,23,25)/t11?,13?,14?,17-,21+. The van der Waals surface area contributed by atoms with E-state index >= 15 is 0 Å². The van der Waals surface area contributed by atoms with Crippen molar-refractivity contribution in [2.75, 3.05) is 5.32 Å². The van der Waals surface area contributed by atoms with Gasteiger partial charge in [0, 0.05) is 24.2 Å². The Morgan fingerprint density at radius 1 is 1.11 bits per heavy atom. The number of nitrogens with zero attached hydrogens (tertiary/aromatic N) is 2. The Morgan fingerprint density at radius 2 is 1.85 bits per heavy atom.